The molecule has 27 heavy (non-hydrogen) atoms. The minimum Gasteiger partial charge on any atom is -0.347 e. The standard InChI is InChI=1S/C21H23N3O3/c1-2-23-13-14(16-10-6-7-11-18(16)23)12-17-19(25)22-21(27)24(20(17)26)15-8-4-3-5-9-15/h6-7,10-13,15H,2-5,8-9H2,1H3,(H,22,25,27). The van der Waals surface area contributed by atoms with Crippen molar-refractivity contribution in [3.63, 3.8) is 0 Å². The Labute approximate surface area is 157 Å². The fourth-order valence-corrected chi connectivity index (χ4v) is 4.15. The van der Waals surface area contributed by atoms with Crippen molar-refractivity contribution in [1.82, 2.24) is 14.8 Å². The van der Waals surface area contributed by atoms with Crippen LogP contribution in [-0.4, -0.2) is 33.4 Å². The van der Waals surface area contributed by atoms with Crippen LogP contribution < -0.4 is 5.32 Å². The average Bonchev–Trinajstić information content (AvgIpc) is 3.04. The van der Waals surface area contributed by atoms with Crippen molar-refractivity contribution in [2.45, 2.75) is 51.6 Å². The average molecular weight is 365 g/mol. The highest BCUT2D eigenvalue weighted by Gasteiger charge is 2.40. The van der Waals surface area contributed by atoms with Crippen molar-refractivity contribution >= 4 is 34.8 Å². The SMILES string of the molecule is CCn1cc(C=C2C(=O)NC(=O)N(C3CCCCC3)C2=O)c2ccccc21. The summed E-state index contributed by atoms with van der Waals surface area (Å²) in [7, 11) is 0. The smallest absolute Gasteiger partial charge is 0.331 e. The van der Waals surface area contributed by atoms with Gasteiger partial charge in [-0.3, -0.25) is 19.8 Å². The molecule has 2 heterocycles. The molecule has 1 saturated carbocycles. The van der Waals surface area contributed by atoms with Gasteiger partial charge in [0.25, 0.3) is 11.8 Å². The lowest BCUT2D eigenvalue weighted by molar-refractivity contribution is -0.132. The molecular formula is C21H23N3O3. The second-order valence-corrected chi connectivity index (χ2v) is 7.17. The Morgan fingerprint density at radius 3 is 2.59 bits per heavy atom. The number of hydrogen-bond donors (Lipinski definition) is 1. The number of fused-ring (bicyclic) bond motifs is 1. The summed E-state index contributed by atoms with van der Waals surface area (Å²) in [6.45, 7) is 2.84. The molecule has 1 aliphatic carbocycles. The van der Waals surface area contributed by atoms with Gasteiger partial charge in [-0.2, -0.15) is 0 Å². The number of urea groups is 1. The fourth-order valence-electron chi connectivity index (χ4n) is 4.15. The van der Waals surface area contributed by atoms with Crippen molar-refractivity contribution in [1.29, 1.82) is 0 Å². The topological polar surface area (TPSA) is 71.4 Å². The van der Waals surface area contributed by atoms with Gasteiger partial charge in [-0.05, 0) is 31.9 Å². The molecule has 140 valence electrons. The highest BCUT2D eigenvalue weighted by molar-refractivity contribution is 6.31. The minimum atomic E-state index is -0.620. The number of nitrogens with zero attached hydrogens (tertiary/aromatic N) is 2. The predicted octanol–water partition coefficient (Wildman–Crippen LogP) is 3.46. The van der Waals surface area contributed by atoms with Gasteiger partial charge in [0.05, 0.1) is 0 Å². The van der Waals surface area contributed by atoms with Crippen LogP contribution in [0, 0.1) is 0 Å². The number of aryl methyl sites for hydroxylation is 1. The third kappa shape index (κ3) is 3.05. The molecule has 0 radical (unpaired) electrons. The molecule has 4 rings (SSSR count). The number of hydrogen-bond acceptors (Lipinski definition) is 3. The second kappa shape index (κ2) is 7.02. The third-order valence-corrected chi connectivity index (χ3v) is 5.53. The number of aromatic nitrogens is 1. The Bertz CT molecular complexity index is 951. The zero-order valence-corrected chi connectivity index (χ0v) is 15.4. The highest BCUT2D eigenvalue weighted by atomic mass is 16.2. The number of rotatable bonds is 3. The van der Waals surface area contributed by atoms with Crippen molar-refractivity contribution in [3.8, 4) is 0 Å². The molecule has 0 atom stereocenters. The summed E-state index contributed by atoms with van der Waals surface area (Å²) in [4.78, 5) is 39.0. The lowest BCUT2D eigenvalue weighted by Crippen LogP contribution is -2.58. The molecule has 4 amide bonds. The van der Waals surface area contributed by atoms with Crippen LogP contribution in [0.5, 0.6) is 0 Å². The molecule has 2 fully saturated rings. The van der Waals surface area contributed by atoms with Crippen LogP contribution in [-0.2, 0) is 16.1 Å². The van der Waals surface area contributed by atoms with E-state index in [0.29, 0.717) is 0 Å². The highest BCUT2D eigenvalue weighted by Crippen LogP contribution is 2.28. The van der Waals surface area contributed by atoms with Crippen LogP contribution in [0.1, 0.15) is 44.6 Å². The molecule has 6 nitrogen and oxygen atoms in total. The van der Waals surface area contributed by atoms with Gasteiger partial charge in [-0.1, -0.05) is 37.5 Å². The Hall–Kier alpha value is -2.89. The Balaban J connectivity index is 1.74. The van der Waals surface area contributed by atoms with Crippen molar-refractivity contribution < 1.29 is 14.4 Å². The number of imide groups is 2. The monoisotopic (exact) mass is 365 g/mol. The van der Waals surface area contributed by atoms with Gasteiger partial charge >= 0.3 is 6.03 Å². The molecule has 0 unspecified atom stereocenters. The number of carbonyl (C=O) groups is 3. The van der Waals surface area contributed by atoms with E-state index in [1.54, 1.807) is 6.08 Å². The number of amides is 4. The van der Waals surface area contributed by atoms with Gasteiger partial charge in [0.1, 0.15) is 5.57 Å². The number of benzene rings is 1. The van der Waals surface area contributed by atoms with Crippen LogP contribution in [0.25, 0.3) is 17.0 Å². The minimum absolute atomic E-state index is 0.0270. The van der Waals surface area contributed by atoms with E-state index >= 15 is 0 Å². The molecule has 6 heteroatoms. The van der Waals surface area contributed by atoms with Gasteiger partial charge in [0, 0.05) is 35.2 Å². The van der Waals surface area contributed by atoms with Crippen LogP contribution in [0.4, 0.5) is 4.79 Å². The van der Waals surface area contributed by atoms with E-state index in [9.17, 15) is 14.4 Å². The van der Waals surface area contributed by atoms with Crippen molar-refractivity contribution in [2.24, 2.45) is 0 Å². The molecule has 1 N–H and O–H groups in total. The summed E-state index contributed by atoms with van der Waals surface area (Å²) in [5, 5.41) is 3.33. The molecule has 0 spiro atoms. The number of nitrogens with one attached hydrogen (secondary N) is 1. The molecule has 1 saturated heterocycles. The summed E-state index contributed by atoms with van der Waals surface area (Å²) >= 11 is 0. The zero-order chi connectivity index (χ0) is 19.0. The summed E-state index contributed by atoms with van der Waals surface area (Å²) in [5.41, 5.74) is 1.89. The van der Waals surface area contributed by atoms with E-state index in [2.05, 4.69) is 9.88 Å². The number of carbonyl (C=O) groups excluding carboxylic acids is 3. The lowest BCUT2D eigenvalue weighted by atomic mass is 9.93. The van der Waals surface area contributed by atoms with E-state index in [4.69, 9.17) is 0 Å². The molecule has 1 aromatic heterocycles. The van der Waals surface area contributed by atoms with Gasteiger partial charge in [-0.15, -0.1) is 0 Å². The number of barbiturate groups is 1. The largest absolute Gasteiger partial charge is 0.347 e. The molecule has 1 aromatic carbocycles. The van der Waals surface area contributed by atoms with Gasteiger partial charge in [-0.25, -0.2) is 4.79 Å². The molecular weight excluding hydrogens is 342 g/mol. The molecule has 0 bridgehead atoms. The van der Waals surface area contributed by atoms with Gasteiger partial charge < -0.3 is 4.57 Å². The first-order chi connectivity index (χ1) is 13.1. The molecule has 2 aromatic rings. The van der Waals surface area contributed by atoms with Crippen molar-refractivity contribution in [3.05, 3.63) is 41.6 Å². The molecule has 2 aliphatic rings. The van der Waals surface area contributed by atoms with Crippen LogP contribution in [0.3, 0.4) is 0 Å². The third-order valence-electron chi connectivity index (χ3n) is 5.53. The predicted molar refractivity (Wildman–Crippen MR) is 103 cm³/mol. The Morgan fingerprint density at radius 1 is 1.11 bits per heavy atom. The van der Waals surface area contributed by atoms with E-state index in [1.807, 2.05) is 37.4 Å². The van der Waals surface area contributed by atoms with E-state index in [-0.39, 0.29) is 11.6 Å². The zero-order valence-electron chi connectivity index (χ0n) is 15.4. The Morgan fingerprint density at radius 2 is 1.85 bits per heavy atom. The summed E-state index contributed by atoms with van der Waals surface area (Å²) < 4.78 is 2.08. The summed E-state index contributed by atoms with van der Waals surface area (Å²) in [5.74, 6) is -1.10. The Kier molecular flexibility index (Phi) is 4.56. The first-order valence-electron chi connectivity index (χ1n) is 9.58. The molecule has 1 aliphatic heterocycles. The summed E-state index contributed by atoms with van der Waals surface area (Å²) in [6, 6.07) is 7.17. The quantitative estimate of drug-likeness (QED) is 0.669. The van der Waals surface area contributed by atoms with Crippen LogP contribution in [0.2, 0.25) is 0 Å². The summed E-state index contributed by atoms with van der Waals surface area (Å²) in [6.07, 6.45) is 8.29. The van der Waals surface area contributed by atoms with Crippen molar-refractivity contribution in [2.75, 3.05) is 0 Å². The van der Waals surface area contributed by atoms with E-state index in [0.717, 1.165) is 55.1 Å². The van der Waals surface area contributed by atoms with E-state index in [1.165, 1.54) is 4.90 Å². The van der Waals surface area contributed by atoms with Gasteiger partial charge in [0.15, 0.2) is 0 Å². The lowest BCUT2D eigenvalue weighted by Gasteiger charge is -2.35. The van der Waals surface area contributed by atoms with Gasteiger partial charge in [0.2, 0.25) is 0 Å². The van der Waals surface area contributed by atoms with Crippen LogP contribution in [0.15, 0.2) is 36.0 Å². The first kappa shape index (κ1) is 17.5. The maximum atomic E-state index is 13.0. The van der Waals surface area contributed by atoms with Crippen LogP contribution >= 0.6 is 0 Å². The first-order valence-corrected chi connectivity index (χ1v) is 9.58. The fraction of sp³-hybridized carbons (Fsp3) is 0.381. The maximum Gasteiger partial charge on any atom is 0.331 e. The maximum absolute atomic E-state index is 13.0. The normalized spacial score (nSPS) is 20.6. The number of para-hydroxylation sites is 1. The van der Waals surface area contributed by atoms with E-state index < -0.39 is 17.8 Å². The second-order valence-electron chi connectivity index (χ2n) is 7.17.